The van der Waals surface area contributed by atoms with E-state index in [9.17, 15) is 13.6 Å². The van der Waals surface area contributed by atoms with E-state index in [1.54, 1.807) is 12.1 Å². The molecule has 0 N–H and O–H groups in total. The van der Waals surface area contributed by atoms with Crippen molar-refractivity contribution in [1.29, 1.82) is 0 Å². The Kier molecular flexibility index (Phi) is 6.26. The second-order valence-corrected chi connectivity index (χ2v) is 8.55. The van der Waals surface area contributed by atoms with Crippen LogP contribution in [0.25, 0.3) is 0 Å². The topological polar surface area (TPSA) is 32.8 Å². The lowest BCUT2D eigenvalue weighted by molar-refractivity contribution is -0.137. The molecule has 0 bridgehead atoms. The van der Waals surface area contributed by atoms with Gasteiger partial charge in [0.25, 0.3) is 0 Å². The molecule has 0 spiro atoms. The maximum absolute atomic E-state index is 13.9. The Hall–Kier alpha value is -1.53. The molecule has 3 heterocycles. The van der Waals surface area contributed by atoms with Crippen LogP contribution in [0.3, 0.4) is 0 Å². The van der Waals surface area contributed by atoms with Crippen LogP contribution in [0.2, 0.25) is 0 Å². The summed E-state index contributed by atoms with van der Waals surface area (Å²) in [5, 5.41) is 0. The number of hydrogen-bond donors (Lipinski definition) is 0. The van der Waals surface area contributed by atoms with E-state index in [0.29, 0.717) is 43.1 Å². The number of likely N-dealkylation sites (tertiary alicyclic amines) is 2. The van der Waals surface area contributed by atoms with E-state index < -0.39 is 11.6 Å². The van der Waals surface area contributed by atoms with Gasteiger partial charge in [0.05, 0.1) is 0 Å². The lowest BCUT2D eigenvalue weighted by atomic mass is 9.83. The summed E-state index contributed by atoms with van der Waals surface area (Å²) in [6, 6.07) is 4.41. The number of amides is 1. The third-order valence-corrected chi connectivity index (χ3v) is 6.83. The molecule has 1 amide bonds. The molecule has 1 atom stereocenters. The van der Waals surface area contributed by atoms with E-state index in [0.717, 1.165) is 58.3 Å². The van der Waals surface area contributed by atoms with Crippen molar-refractivity contribution in [3.8, 4) is 0 Å². The monoisotopic (exact) mass is 392 g/mol. The van der Waals surface area contributed by atoms with Crippen molar-refractivity contribution in [3.05, 3.63) is 35.4 Å². The highest BCUT2D eigenvalue weighted by atomic mass is 19.2. The summed E-state index contributed by atoms with van der Waals surface area (Å²) in [6.45, 7) is 5.47. The molecule has 154 valence electrons. The molecule has 0 aliphatic carbocycles. The molecule has 3 saturated heterocycles. The molecule has 4 rings (SSSR count). The third kappa shape index (κ3) is 4.38. The summed E-state index contributed by atoms with van der Waals surface area (Å²) < 4.78 is 32.7. The molecule has 1 aromatic carbocycles. The number of halogens is 2. The number of carbonyl (C=O) groups is 1. The second-order valence-electron chi connectivity index (χ2n) is 8.55. The van der Waals surface area contributed by atoms with E-state index >= 15 is 0 Å². The van der Waals surface area contributed by atoms with Crippen molar-refractivity contribution in [2.45, 2.75) is 38.6 Å². The predicted molar refractivity (Wildman–Crippen MR) is 103 cm³/mol. The maximum atomic E-state index is 13.9. The summed E-state index contributed by atoms with van der Waals surface area (Å²) >= 11 is 0. The Morgan fingerprint density at radius 3 is 2.46 bits per heavy atom. The Bertz CT molecular complexity index is 685. The molecule has 0 aromatic heterocycles. The van der Waals surface area contributed by atoms with E-state index in [4.69, 9.17) is 4.74 Å². The Morgan fingerprint density at radius 2 is 1.71 bits per heavy atom. The minimum atomic E-state index is -0.771. The standard InChI is InChI=1S/C22H30F2N2O2/c23-20-3-1-2-19(21(20)24)14-25-9-4-16(5-10-25)18-6-11-26(15-18)22(27)17-7-12-28-13-8-17/h1-3,16-18H,4-15H2/t18-/m0/s1. The minimum Gasteiger partial charge on any atom is -0.381 e. The van der Waals surface area contributed by atoms with Crippen LogP contribution in [0.1, 0.15) is 37.7 Å². The fourth-order valence-corrected chi connectivity index (χ4v) is 5.07. The largest absolute Gasteiger partial charge is 0.381 e. The van der Waals surface area contributed by atoms with Crippen LogP contribution < -0.4 is 0 Å². The van der Waals surface area contributed by atoms with Gasteiger partial charge in [-0.1, -0.05) is 12.1 Å². The SMILES string of the molecule is O=C(C1CCOCC1)N1CC[C@H](C2CCN(Cc3cccc(F)c3F)CC2)C1. The maximum Gasteiger partial charge on any atom is 0.225 e. The van der Waals surface area contributed by atoms with Gasteiger partial charge in [0, 0.05) is 44.3 Å². The molecule has 3 fully saturated rings. The van der Waals surface area contributed by atoms with Gasteiger partial charge in [-0.15, -0.1) is 0 Å². The highest BCUT2D eigenvalue weighted by Crippen LogP contribution is 2.33. The summed E-state index contributed by atoms with van der Waals surface area (Å²) in [6.07, 6.45) is 4.95. The zero-order chi connectivity index (χ0) is 19.5. The molecule has 3 aliphatic heterocycles. The third-order valence-electron chi connectivity index (χ3n) is 6.83. The first-order valence-electron chi connectivity index (χ1n) is 10.6. The van der Waals surface area contributed by atoms with Gasteiger partial charge in [0.15, 0.2) is 11.6 Å². The minimum absolute atomic E-state index is 0.149. The van der Waals surface area contributed by atoms with Crippen molar-refractivity contribution in [3.63, 3.8) is 0 Å². The molecule has 6 heteroatoms. The highest BCUT2D eigenvalue weighted by molar-refractivity contribution is 5.79. The van der Waals surface area contributed by atoms with Crippen LogP contribution in [0.5, 0.6) is 0 Å². The van der Waals surface area contributed by atoms with Crippen LogP contribution in [0.4, 0.5) is 8.78 Å². The number of rotatable bonds is 4. The number of carbonyl (C=O) groups excluding carboxylic acids is 1. The number of nitrogens with zero attached hydrogens (tertiary/aromatic N) is 2. The number of hydrogen-bond acceptors (Lipinski definition) is 3. The van der Waals surface area contributed by atoms with Crippen LogP contribution in [-0.4, -0.2) is 55.1 Å². The first kappa shape index (κ1) is 19.8. The van der Waals surface area contributed by atoms with Crippen molar-refractivity contribution in [2.75, 3.05) is 39.4 Å². The van der Waals surface area contributed by atoms with Gasteiger partial charge in [-0.05, 0) is 63.1 Å². The first-order chi connectivity index (χ1) is 13.6. The quantitative estimate of drug-likeness (QED) is 0.787. The fraction of sp³-hybridized carbons (Fsp3) is 0.682. The fourth-order valence-electron chi connectivity index (χ4n) is 5.07. The van der Waals surface area contributed by atoms with Gasteiger partial charge in [-0.3, -0.25) is 9.69 Å². The van der Waals surface area contributed by atoms with Gasteiger partial charge in [-0.2, -0.15) is 0 Å². The van der Waals surface area contributed by atoms with Crippen LogP contribution in [0.15, 0.2) is 18.2 Å². The zero-order valence-corrected chi connectivity index (χ0v) is 16.4. The lowest BCUT2D eigenvalue weighted by Crippen LogP contribution is -2.39. The van der Waals surface area contributed by atoms with Crippen molar-refractivity contribution >= 4 is 5.91 Å². The van der Waals surface area contributed by atoms with Gasteiger partial charge >= 0.3 is 0 Å². The molecular formula is C22H30F2N2O2. The van der Waals surface area contributed by atoms with Crippen molar-refractivity contribution in [2.24, 2.45) is 17.8 Å². The first-order valence-corrected chi connectivity index (χ1v) is 10.6. The molecule has 4 nitrogen and oxygen atoms in total. The second kappa shape index (κ2) is 8.87. The smallest absolute Gasteiger partial charge is 0.225 e. The molecule has 1 aromatic rings. The molecule has 3 aliphatic rings. The number of ether oxygens (including phenoxy) is 1. The van der Waals surface area contributed by atoms with Crippen LogP contribution in [-0.2, 0) is 16.1 Å². The summed E-state index contributed by atoms with van der Waals surface area (Å²) in [4.78, 5) is 17.0. The lowest BCUT2D eigenvalue weighted by Gasteiger charge is -2.35. The van der Waals surface area contributed by atoms with Gasteiger partial charge in [0.1, 0.15) is 0 Å². The van der Waals surface area contributed by atoms with Crippen LogP contribution >= 0.6 is 0 Å². The molecule has 0 unspecified atom stereocenters. The van der Waals surface area contributed by atoms with E-state index in [1.807, 2.05) is 0 Å². The number of piperidine rings is 1. The highest BCUT2D eigenvalue weighted by Gasteiger charge is 2.36. The van der Waals surface area contributed by atoms with Gasteiger partial charge in [0.2, 0.25) is 5.91 Å². The molecule has 28 heavy (non-hydrogen) atoms. The van der Waals surface area contributed by atoms with Crippen molar-refractivity contribution in [1.82, 2.24) is 9.80 Å². The van der Waals surface area contributed by atoms with Gasteiger partial charge in [-0.25, -0.2) is 8.78 Å². The van der Waals surface area contributed by atoms with Crippen molar-refractivity contribution < 1.29 is 18.3 Å². The number of benzene rings is 1. The predicted octanol–water partition coefficient (Wildman–Crippen LogP) is 3.45. The Balaban J connectivity index is 1.25. The van der Waals surface area contributed by atoms with E-state index in [-0.39, 0.29) is 5.92 Å². The molecule has 0 radical (unpaired) electrons. The Labute approximate surface area is 165 Å². The zero-order valence-electron chi connectivity index (χ0n) is 16.4. The summed E-state index contributed by atoms with van der Waals surface area (Å²) in [5.74, 6) is 0.189. The van der Waals surface area contributed by atoms with E-state index in [2.05, 4.69) is 9.80 Å². The molecule has 0 saturated carbocycles. The summed E-state index contributed by atoms with van der Waals surface area (Å²) in [5.41, 5.74) is 0.438. The van der Waals surface area contributed by atoms with Crippen LogP contribution in [0, 0.1) is 29.4 Å². The van der Waals surface area contributed by atoms with Gasteiger partial charge < -0.3 is 9.64 Å². The normalized spacial score (nSPS) is 25.4. The molecular weight excluding hydrogens is 362 g/mol. The average Bonchev–Trinajstić information content (AvgIpc) is 3.22. The average molecular weight is 392 g/mol. The van der Waals surface area contributed by atoms with E-state index in [1.165, 1.54) is 6.07 Å². The Morgan fingerprint density at radius 1 is 1.00 bits per heavy atom. The summed E-state index contributed by atoms with van der Waals surface area (Å²) in [7, 11) is 0.